The first-order chi connectivity index (χ1) is 5.43. The molecule has 3 N–H and O–H groups in total. The first kappa shape index (κ1) is 9.50. The Morgan fingerprint density at radius 1 is 1.42 bits per heavy atom. The molecule has 0 spiro atoms. The van der Waals surface area contributed by atoms with Gasteiger partial charge in [-0.1, -0.05) is 6.07 Å². The van der Waals surface area contributed by atoms with Crippen LogP contribution in [0.4, 0.5) is 0 Å². The number of hydrogen-bond acceptors (Lipinski definition) is 3. The number of rotatable bonds is 1. The molecular weight excluding hydrogens is 246 g/mol. The van der Waals surface area contributed by atoms with E-state index < -0.39 is 10.0 Å². The monoisotopic (exact) mass is 251 g/mol. The molecule has 0 fully saturated rings. The number of primary sulfonamides is 1. The van der Waals surface area contributed by atoms with Crippen molar-refractivity contribution in [3.8, 4) is 5.75 Å². The van der Waals surface area contributed by atoms with Gasteiger partial charge in [-0.25, -0.2) is 13.6 Å². The molecule has 0 radical (unpaired) electrons. The summed E-state index contributed by atoms with van der Waals surface area (Å²) in [4.78, 5) is -0.281. The lowest BCUT2D eigenvalue weighted by atomic mass is 10.3. The first-order valence-corrected chi connectivity index (χ1v) is 5.27. The highest BCUT2D eigenvalue weighted by Crippen LogP contribution is 2.29. The van der Waals surface area contributed by atoms with Crippen molar-refractivity contribution in [1.82, 2.24) is 0 Å². The van der Waals surface area contributed by atoms with E-state index in [2.05, 4.69) is 15.9 Å². The molecule has 1 aromatic rings. The predicted octanol–water partition coefficient (Wildman–Crippen LogP) is 0.802. The highest BCUT2D eigenvalue weighted by molar-refractivity contribution is 9.10. The summed E-state index contributed by atoms with van der Waals surface area (Å²) in [7, 11) is -3.84. The van der Waals surface area contributed by atoms with E-state index in [4.69, 9.17) is 5.14 Å². The number of nitrogens with two attached hydrogens (primary N) is 1. The Labute approximate surface area is 78.2 Å². The molecule has 0 amide bonds. The fraction of sp³-hybridized carbons (Fsp3) is 0. The normalized spacial score (nSPS) is 11.5. The van der Waals surface area contributed by atoms with Crippen molar-refractivity contribution < 1.29 is 13.5 Å². The molecule has 0 heterocycles. The number of halogens is 1. The number of sulfonamides is 1. The van der Waals surface area contributed by atoms with E-state index in [9.17, 15) is 13.5 Å². The molecule has 66 valence electrons. The van der Waals surface area contributed by atoms with Crippen LogP contribution in [-0.2, 0) is 10.0 Å². The number of para-hydroxylation sites is 1. The second kappa shape index (κ2) is 3.04. The zero-order chi connectivity index (χ0) is 9.35. The van der Waals surface area contributed by atoms with E-state index in [1.807, 2.05) is 0 Å². The van der Waals surface area contributed by atoms with Gasteiger partial charge in [0, 0.05) is 0 Å². The van der Waals surface area contributed by atoms with Gasteiger partial charge in [-0.3, -0.25) is 0 Å². The molecule has 0 aliphatic carbocycles. The molecule has 4 nitrogen and oxygen atoms in total. The fourth-order valence-corrected chi connectivity index (χ4v) is 1.87. The van der Waals surface area contributed by atoms with Crippen LogP contribution in [0.15, 0.2) is 27.6 Å². The molecule has 0 unspecified atom stereocenters. The fourth-order valence-electron chi connectivity index (χ4n) is 0.725. The maximum atomic E-state index is 10.8. The highest BCUT2D eigenvalue weighted by atomic mass is 79.9. The van der Waals surface area contributed by atoms with E-state index in [1.54, 1.807) is 0 Å². The van der Waals surface area contributed by atoms with Gasteiger partial charge >= 0.3 is 0 Å². The Hall–Kier alpha value is -0.590. The molecule has 0 saturated heterocycles. The largest absolute Gasteiger partial charge is 0.505 e. The number of phenolic OH excluding ortho intramolecular Hbond substituents is 1. The van der Waals surface area contributed by atoms with Crippen LogP contribution in [0.5, 0.6) is 5.75 Å². The van der Waals surface area contributed by atoms with Crippen molar-refractivity contribution in [2.45, 2.75) is 4.90 Å². The maximum absolute atomic E-state index is 10.8. The third kappa shape index (κ3) is 1.77. The number of aromatic hydroxyl groups is 1. The lowest BCUT2D eigenvalue weighted by Gasteiger charge is -2.02. The van der Waals surface area contributed by atoms with Gasteiger partial charge in [0.15, 0.2) is 0 Å². The van der Waals surface area contributed by atoms with Crippen molar-refractivity contribution in [3.05, 3.63) is 22.7 Å². The van der Waals surface area contributed by atoms with Crippen LogP contribution in [0.3, 0.4) is 0 Å². The molecule has 6 heteroatoms. The van der Waals surface area contributed by atoms with E-state index in [1.165, 1.54) is 18.2 Å². The quantitative estimate of drug-likeness (QED) is 0.775. The van der Waals surface area contributed by atoms with E-state index in [0.29, 0.717) is 4.47 Å². The minimum Gasteiger partial charge on any atom is -0.505 e. The van der Waals surface area contributed by atoms with Gasteiger partial charge in [-0.05, 0) is 28.1 Å². The summed E-state index contributed by atoms with van der Waals surface area (Å²) in [5.74, 6) is -0.361. The third-order valence-electron chi connectivity index (χ3n) is 1.26. The Balaban J connectivity index is 3.47. The second-order valence-electron chi connectivity index (χ2n) is 2.13. The van der Waals surface area contributed by atoms with Gasteiger partial charge in [0.25, 0.3) is 0 Å². The standard InChI is InChI=1S/C6H6BrNO3S/c7-4-2-1-3-5(6(4)9)12(8,10)11/h1-3,9H,(H2,8,10,11). The average Bonchev–Trinajstić information content (AvgIpc) is 1.92. The summed E-state index contributed by atoms with van der Waals surface area (Å²) in [6, 6.07) is 4.23. The molecule has 0 atom stereocenters. The molecule has 0 bridgehead atoms. The zero-order valence-corrected chi connectivity index (χ0v) is 8.26. The molecule has 0 saturated carbocycles. The molecule has 12 heavy (non-hydrogen) atoms. The zero-order valence-electron chi connectivity index (χ0n) is 5.86. The van der Waals surface area contributed by atoms with Crippen molar-refractivity contribution in [2.24, 2.45) is 5.14 Å². The van der Waals surface area contributed by atoms with Gasteiger partial charge in [0.1, 0.15) is 10.6 Å². The average molecular weight is 252 g/mol. The van der Waals surface area contributed by atoms with Crippen LogP contribution in [-0.4, -0.2) is 13.5 Å². The molecule has 0 aliphatic heterocycles. The van der Waals surface area contributed by atoms with Crippen molar-refractivity contribution in [1.29, 1.82) is 0 Å². The maximum Gasteiger partial charge on any atom is 0.241 e. The Morgan fingerprint density at radius 3 is 2.42 bits per heavy atom. The molecule has 1 aromatic carbocycles. The molecular formula is C6H6BrNO3S. The summed E-state index contributed by atoms with van der Waals surface area (Å²) in [5.41, 5.74) is 0. The van der Waals surface area contributed by atoms with Crippen LogP contribution >= 0.6 is 15.9 Å². The summed E-state index contributed by atoms with van der Waals surface area (Å²) in [6.07, 6.45) is 0. The predicted molar refractivity (Wildman–Crippen MR) is 47.2 cm³/mol. The highest BCUT2D eigenvalue weighted by Gasteiger charge is 2.14. The SMILES string of the molecule is NS(=O)(=O)c1cccc(Br)c1O. The molecule has 1 rings (SSSR count). The smallest absolute Gasteiger partial charge is 0.241 e. The van der Waals surface area contributed by atoms with Crippen molar-refractivity contribution in [3.63, 3.8) is 0 Å². The van der Waals surface area contributed by atoms with E-state index in [0.717, 1.165) is 0 Å². The van der Waals surface area contributed by atoms with Gasteiger partial charge in [-0.15, -0.1) is 0 Å². The minimum absolute atomic E-state index is 0.281. The Morgan fingerprint density at radius 2 is 2.00 bits per heavy atom. The van der Waals surface area contributed by atoms with Gasteiger partial charge < -0.3 is 5.11 Å². The van der Waals surface area contributed by atoms with Crippen LogP contribution in [0, 0.1) is 0 Å². The van der Waals surface area contributed by atoms with Crippen LogP contribution in [0.25, 0.3) is 0 Å². The summed E-state index contributed by atoms with van der Waals surface area (Å²) < 4.78 is 21.9. The van der Waals surface area contributed by atoms with Gasteiger partial charge in [-0.2, -0.15) is 0 Å². The Kier molecular flexibility index (Phi) is 2.41. The second-order valence-corrected chi connectivity index (χ2v) is 4.52. The summed E-state index contributed by atoms with van der Waals surface area (Å²) in [5, 5.41) is 14.0. The van der Waals surface area contributed by atoms with Gasteiger partial charge in [0.2, 0.25) is 10.0 Å². The van der Waals surface area contributed by atoms with E-state index >= 15 is 0 Å². The summed E-state index contributed by atoms with van der Waals surface area (Å²) >= 11 is 2.97. The number of benzene rings is 1. The number of phenols is 1. The van der Waals surface area contributed by atoms with Crippen molar-refractivity contribution in [2.75, 3.05) is 0 Å². The lowest BCUT2D eigenvalue weighted by Crippen LogP contribution is -2.12. The summed E-state index contributed by atoms with van der Waals surface area (Å²) in [6.45, 7) is 0. The molecule has 0 aliphatic rings. The lowest BCUT2D eigenvalue weighted by molar-refractivity contribution is 0.455. The minimum atomic E-state index is -3.84. The van der Waals surface area contributed by atoms with Crippen LogP contribution in [0.2, 0.25) is 0 Å². The third-order valence-corrected chi connectivity index (χ3v) is 2.84. The number of hydrogen-bond donors (Lipinski definition) is 2. The molecule has 0 aromatic heterocycles. The van der Waals surface area contributed by atoms with Crippen molar-refractivity contribution >= 4 is 26.0 Å². The van der Waals surface area contributed by atoms with Gasteiger partial charge in [0.05, 0.1) is 4.47 Å². The topological polar surface area (TPSA) is 80.4 Å². The van der Waals surface area contributed by atoms with E-state index in [-0.39, 0.29) is 10.6 Å². The Bertz CT molecular complexity index is 401. The first-order valence-electron chi connectivity index (χ1n) is 2.93. The van der Waals surface area contributed by atoms with Crippen LogP contribution < -0.4 is 5.14 Å². The van der Waals surface area contributed by atoms with Crippen LogP contribution in [0.1, 0.15) is 0 Å².